The van der Waals surface area contributed by atoms with Gasteiger partial charge in [0.05, 0.1) is 0 Å². The quantitative estimate of drug-likeness (QED) is 0.462. The van der Waals surface area contributed by atoms with E-state index in [1.165, 1.54) is 6.21 Å². The summed E-state index contributed by atoms with van der Waals surface area (Å²) >= 11 is 0. The number of nitrogens with one attached hydrogen (secondary N) is 2. The minimum atomic E-state index is 0.442. The second kappa shape index (κ2) is 5.96. The molecular formula is C9H18N2. The van der Waals surface area contributed by atoms with E-state index in [0.29, 0.717) is 5.92 Å². The molecule has 0 unspecified atom stereocenters. The summed E-state index contributed by atoms with van der Waals surface area (Å²) in [7, 11) is 0. The van der Waals surface area contributed by atoms with E-state index in [0.717, 1.165) is 18.5 Å². The van der Waals surface area contributed by atoms with Crippen molar-refractivity contribution in [1.29, 1.82) is 5.41 Å². The first-order valence-electron chi connectivity index (χ1n) is 4.16. The summed E-state index contributed by atoms with van der Waals surface area (Å²) in [5.74, 6) is 0.442. The molecule has 0 aromatic rings. The fourth-order valence-electron chi connectivity index (χ4n) is 0.709. The van der Waals surface area contributed by atoms with Crippen LogP contribution in [0.4, 0.5) is 0 Å². The zero-order chi connectivity index (χ0) is 8.69. The van der Waals surface area contributed by atoms with E-state index in [4.69, 9.17) is 5.41 Å². The lowest BCUT2D eigenvalue weighted by molar-refractivity contribution is 0.762. The second-order valence-electron chi connectivity index (χ2n) is 2.90. The summed E-state index contributed by atoms with van der Waals surface area (Å²) in [6.07, 6.45) is 4.47. The molecule has 0 radical (unpaired) electrons. The smallest absolute Gasteiger partial charge is 0.0226 e. The monoisotopic (exact) mass is 154 g/mol. The lowest BCUT2D eigenvalue weighted by Crippen LogP contribution is -2.09. The van der Waals surface area contributed by atoms with Gasteiger partial charge in [-0.15, -0.1) is 0 Å². The Morgan fingerprint density at radius 1 is 1.55 bits per heavy atom. The molecule has 0 aromatic carbocycles. The summed E-state index contributed by atoms with van der Waals surface area (Å²) in [4.78, 5) is 0. The van der Waals surface area contributed by atoms with Crippen LogP contribution in [0, 0.1) is 11.3 Å². The molecule has 0 spiro atoms. The van der Waals surface area contributed by atoms with E-state index in [1.54, 1.807) is 0 Å². The molecule has 11 heavy (non-hydrogen) atoms. The molecule has 0 aliphatic carbocycles. The molecule has 64 valence electrons. The predicted octanol–water partition coefficient (Wildman–Crippen LogP) is 2.18. The van der Waals surface area contributed by atoms with E-state index in [-0.39, 0.29) is 0 Å². The Bertz CT molecular complexity index is 136. The second-order valence-corrected chi connectivity index (χ2v) is 2.90. The standard InChI is InChI=1S/C9H18N2/c1-4-5-11-7-9(6-10)8(2)3/h6-8,10-11H,4-5H2,1-3H3/b9-7+,10-6?. The maximum atomic E-state index is 7.09. The zero-order valence-corrected chi connectivity index (χ0v) is 7.65. The van der Waals surface area contributed by atoms with Gasteiger partial charge in [0.1, 0.15) is 0 Å². The van der Waals surface area contributed by atoms with Crippen molar-refractivity contribution in [3.05, 3.63) is 11.8 Å². The van der Waals surface area contributed by atoms with Gasteiger partial charge in [0, 0.05) is 19.0 Å². The van der Waals surface area contributed by atoms with E-state index in [9.17, 15) is 0 Å². The minimum Gasteiger partial charge on any atom is -0.391 e. The average Bonchev–Trinajstić information content (AvgIpc) is 1.97. The van der Waals surface area contributed by atoms with Crippen LogP contribution in [-0.2, 0) is 0 Å². The maximum absolute atomic E-state index is 7.09. The van der Waals surface area contributed by atoms with Crippen LogP contribution in [0.1, 0.15) is 27.2 Å². The summed E-state index contributed by atoms with van der Waals surface area (Å²) in [6, 6.07) is 0. The lowest BCUT2D eigenvalue weighted by Gasteiger charge is -2.05. The lowest BCUT2D eigenvalue weighted by atomic mass is 10.1. The van der Waals surface area contributed by atoms with Crippen LogP contribution in [0.5, 0.6) is 0 Å². The van der Waals surface area contributed by atoms with Crippen molar-refractivity contribution in [2.75, 3.05) is 6.54 Å². The molecule has 0 saturated carbocycles. The Labute approximate surface area is 69.2 Å². The van der Waals surface area contributed by atoms with Crippen molar-refractivity contribution >= 4 is 6.21 Å². The van der Waals surface area contributed by atoms with Crippen molar-refractivity contribution in [2.45, 2.75) is 27.2 Å². The molecule has 0 atom stereocenters. The SMILES string of the molecule is CCCN/C=C(\C=N)C(C)C. The third-order valence-corrected chi connectivity index (χ3v) is 1.50. The number of hydrogen-bond donors (Lipinski definition) is 2. The van der Waals surface area contributed by atoms with Crippen molar-refractivity contribution in [2.24, 2.45) is 5.92 Å². The predicted molar refractivity (Wildman–Crippen MR) is 50.0 cm³/mol. The minimum absolute atomic E-state index is 0.442. The molecule has 0 fully saturated rings. The van der Waals surface area contributed by atoms with Gasteiger partial charge >= 0.3 is 0 Å². The topological polar surface area (TPSA) is 35.9 Å². The first kappa shape index (κ1) is 10.2. The fourth-order valence-corrected chi connectivity index (χ4v) is 0.709. The van der Waals surface area contributed by atoms with Crippen molar-refractivity contribution in [3.8, 4) is 0 Å². The fraction of sp³-hybridized carbons (Fsp3) is 0.667. The van der Waals surface area contributed by atoms with Crippen LogP contribution in [0.3, 0.4) is 0 Å². The van der Waals surface area contributed by atoms with Crippen LogP contribution in [0.15, 0.2) is 11.8 Å². The van der Waals surface area contributed by atoms with Gasteiger partial charge in [-0.3, -0.25) is 0 Å². The summed E-state index contributed by atoms with van der Waals surface area (Å²) in [5.41, 5.74) is 1.05. The molecule has 0 aliphatic rings. The van der Waals surface area contributed by atoms with Gasteiger partial charge in [0.25, 0.3) is 0 Å². The van der Waals surface area contributed by atoms with Crippen LogP contribution in [0.2, 0.25) is 0 Å². The molecule has 0 aliphatic heterocycles. The van der Waals surface area contributed by atoms with E-state index in [1.807, 2.05) is 6.20 Å². The largest absolute Gasteiger partial charge is 0.391 e. The number of allylic oxidation sites excluding steroid dienone is 1. The van der Waals surface area contributed by atoms with Gasteiger partial charge < -0.3 is 10.7 Å². The Morgan fingerprint density at radius 2 is 2.18 bits per heavy atom. The van der Waals surface area contributed by atoms with Crippen LogP contribution in [-0.4, -0.2) is 12.8 Å². The van der Waals surface area contributed by atoms with Crippen molar-refractivity contribution < 1.29 is 0 Å². The third kappa shape index (κ3) is 4.59. The summed E-state index contributed by atoms with van der Waals surface area (Å²) < 4.78 is 0. The molecule has 0 rings (SSSR count). The highest BCUT2D eigenvalue weighted by Crippen LogP contribution is 2.04. The van der Waals surface area contributed by atoms with Gasteiger partial charge in [-0.1, -0.05) is 20.8 Å². The van der Waals surface area contributed by atoms with Gasteiger partial charge in [0.2, 0.25) is 0 Å². The highest BCUT2D eigenvalue weighted by molar-refractivity contribution is 5.75. The van der Waals surface area contributed by atoms with Crippen LogP contribution >= 0.6 is 0 Å². The Kier molecular flexibility index (Phi) is 5.53. The molecule has 0 bridgehead atoms. The molecule has 0 aromatic heterocycles. The first-order chi connectivity index (χ1) is 5.22. The molecule has 0 heterocycles. The van der Waals surface area contributed by atoms with E-state index >= 15 is 0 Å². The van der Waals surface area contributed by atoms with Crippen molar-refractivity contribution in [3.63, 3.8) is 0 Å². The average molecular weight is 154 g/mol. The van der Waals surface area contributed by atoms with Gasteiger partial charge in [0.15, 0.2) is 0 Å². The molecule has 2 nitrogen and oxygen atoms in total. The van der Waals surface area contributed by atoms with E-state index in [2.05, 4.69) is 26.1 Å². The van der Waals surface area contributed by atoms with E-state index < -0.39 is 0 Å². The normalized spacial score (nSPS) is 11.8. The van der Waals surface area contributed by atoms with Gasteiger partial charge in [-0.05, 0) is 17.9 Å². The zero-order valence-electron chi connectivity index (χ0n) is 7.65. The third-order valence-electron chi connectivity index (χ3n) is 1.50. The van der Waals surface area contributed by atoms with Gasteiger partial charge in [-0.25, -0.2) is 0 Å². The Hall–Kier alpha value is -0.790. The van der Waals surface area contributed by atoms with Crippen molar-refractivity contribution in [1.82, 2.24) is 5.32 Å². The molecule has 0 amide bonds. The Morgan fingerprint density at radius 3 is 2.55 bits per heavy atom. The van der Waals surface area contributed by atoms with Crippen LogP contribution < -0.4 is 5.32 Å². The maximum Gasteiger partial charge on any atom is 0.0226 e. The molecule has 2 heteroatoms. The molecular weight excluding hydrogens is 136 g/mol. The van der Waals surface area contributed by atoms with Crippen LogP contribution in [0.25, 0.3) is 0 Å². The molecule has 2 N–H and O–H groups in total. The summed E-state index contributed by atoms with van der Waals surface area (Å²) in [6.45, 7) is 7.29. The summed E-state index contributed by atoms with van der Waals surface area (Å²) in [5, 5.41) is 10.2. The highest BCUT2D eigenvalue weighted by Gasteiger charge is 1.96. The molecule has 0 saturated heterocycles. The van der Waals surface area contributed by atoms with Gasteiger partial charge in [-0.2, -0.15) is 0 Å². The number of hydrogen-bond acceptors (Lipinski definition) is 2. The first-order valence-corrected chi connectivity index (χ1v) is 4.16. The number of rotatable bonds is 5. The highest BCUT2D eigenvalue weighted by atomic mass is 14.8. The Balaban J connectivity index is 3.81.